The molecule has 1 fully saturated rings. The van der Waals surface area contributed by atoms with Crippen LogP contribution in [0.2, 0.25) is 0 Å². The van der Waals surface area contributed by atoms with Crippen LogP contribution in [0.5, 0.6) is 5.75 Å². The Kier molecular flexibility index (Phi) is 2.78. The fourth-order valence-electron chi connectivity index (χ4n) is 1.71. The van der Waals surface area contributed by atoms with E-state index in [0.29, 0.717) is 11.5 Å². The molecule has 0 amide bonds. The van der Waals surface area contributed by atoms with Crippen LogP contribution in [0.1, 0.15) is 18.7 Å². The third-order valence-electron chi connectivity index (χ3n) is 2.83. The molecule has 3 rings (SSSR count). The largest absolute Gasteiger partial charge is 0.507 e. The van der Waals surface area contributed by atoms with Gasteiger partial charge in [0.25, 0.3) is 5.89 Å². The zero-order chi connectivity index (χ0) is 11.8. The standard InChI is InChI=1S/C12H11IN2O2/c13-8-3-4-10(16)9(6-8)12-14-11(15-17-12)5-7-1-2-7/h3-4,6-7,16H,1-2,5H2. The van der Waals surface area contributed by atoms with E-state index in [4.69, 9.17) is 4.52 Å². The van der Waals surface area contributed by atoms with Gasteiger partial charge in [0.1, 0.15) is 5.75 Å². The molecule has 0 aliphatic heterocycles. The van der Waals surface area contributed by atoms with E-state index >= 15 is 0 Å². The minimum absolute atomic E-state index is 0.173. The average molecular weight is 342 g/mol. The summed E-state index contributed by atoms with van der Waals surface area (Å²) in [6, 6.07) is 5.31. The molecule has 0 bridgehead atoms. The topological polar surface area (TPSA) is 59.2 Å². The highest BCUT2D eigenvalue weighted by atomic mass is 127. The summed E-state index contributed by atoms with van der Waals surface area (Å²) in [5.74, 6) is 2.04. The summed E-state index contributed by atoms with van der Waals surface area (Å²) in [4.78, 5) is 4.32. The molecule has 0 spiro atoms. The number of nitrogens with zero attached hydrogens (tertiary/aromatic N) is 2. The number of benzene rings is 1. The van der Waals surface area contributed by atoms with E-state index < -0.39 is 0 Å². The van der Waals surface area contributed by atoms with E-state index in [1.54, 1.807) is 6.07 Å². The van der Waals surface area contributed by atoms with Crippen molar-refractivity contribution in [1.82, 2.24) is 10.1 Å². The zero-order valence-electron chi connectivity index (χ0n) is 9.06. The molecule has 17 heavy (non-hydrogen) atoms. The first-order chi connectivity index (χ1) is 8.22. The molecule has 1 aromatic carbocycles. The molecule has 0 saturated heterocycles. The first-order valence-corrected chi connectivity index (χ1v) is 6.62. The lowest BCUT2D eigenvalue weighted by molar-refractivity contribution is 0.416. The van der Waals surface area contributed by atoms with E-state index in [1.807, 2.05) is 12.1 Å². The van der Waals surface area contributed by atoms with Gasteiger partial charge in [-0.2, -0.15) is 4.98 Å². The molecular weight excluding hydrogens is 331 g/mol. The van der Waals surface area contributed by atoms with Crippen LogP contribution in [0, 0.1) is 9.49 Å². The molecule has 1 heterocycles. The van der Waals surface area contributed by atoms with Crippen LogP contribution < -0.4 is 0 Å². The SMILES string of the molecule is Oc1ccc(I)cc1-c1nc(CC2CC2)no1. The van der Waals surface area contributed by atoms with Crippen molar-refractivity contribution in [3.63, 3.8) is 0 Å². The van der Waals surface area contributed by atoms with Gasteiger partial charge in [0.05, 0.1) is 5.56 Å². The smallest absolute Gasteiger partial charge is 0.261 e. The van der Waals surface area contributed by atoms with Gasteiger partial charge >= 0.3 is 0 Å². The third kappa shape index (κ3) is 2.43. The molecule has 2 aromatic rings. The Balaban J connectivity index is 1.91. The van der Waals surface area contributed by atoms with Crippen molar-refractivity contribution in [3.8, 4) is 17.2 Å². The van der Waals surface area contributed by atoms with Gasteiger partial charge in [0.2, 0.25) is 0 Å². The molecule has 1 N–H and O–H groups in total. The van der Waals surface area contributed by atoms with E-state index in [0.717, 1.165) is 21.7 Å². The first-order valence-electron chi connectivity index (χ1n) is 5.54. The number of hydrogen-bond acceptors (Lipinski definition) is 4. The predicted octanol–water partition coefficient (Wildman–Crippen LogP) is 3.00. The van der Waals surface area contributed by atoms with Crippen LogP contribution in [0.4, 0.5) is 0 Å². The molecule has 4 nitrogen and oxygen atoms in total. The average Bonchev–Trinajstić information content (AvgIpc) is 2.99. The second kappa shape index (κ2) is 4.29. The third-order valence-corrected chi connectivity index (χ3v) is 3.50. The summed E-state index contributed by atoms with van der Waals surface area (Å²) < 4.78 is 6.22. The van der Waals surface area contributed by atoms with Gasteiger partial charge in [-0.25, -0.2) is 0 Å². The fraction of sp³-hybridized carbons (Fsp3) is 0.333. The normalized spacial score (nSPS) is 15.1. The van der Waals surface area contributed by atoms with Gasteiger partial charge in [0.15, 0.2) is 5.82 Å². The number of halogens is 1. The van der Waals surface area contributed by atoms with Crippen molar-refractivity contribution >= 4 is 22.6 Å². The number of rotatable bonds is 3. The van der Waals surface area contributed by atoms with Gasteiger partial charge in [-0.05, 0) is 59.5 Å². The van der Waals surface area contributed by atoms with E-state index in [9.17, 15) is 5.11 Å². The lowest BCUT2D eigenvalue weighted by Crippen LogP contribution is -1.89. The Hall–Kier alpha value is -1.11. The van der Waals surface area contributed by atoms with Crippen molar-refractivity contribution < 1.29 is 9.63 Å². The molecule has 5 heteroatoms. The predicted molar refractivity (Wildman–Crippen MR) is 70.5 cm³/mol. The number of aromatic nitrogens is 2. The second-order valence-electron chi connectivity index (χ2n) is 4.32. The molecular formula is C12H11IN2O2. The van der Waals surface area contributed by atoms with Gasteiger partial charge < -0.3 is 9.63 Å². The Morgan fingerprint density at radius 3 is 3.00 bits per heavy atom. The summed E-state index contributed by atoms with van der Waals surface area (Å²) in [6.07, 6.45) is 3.41. The molecule has 1 saturated carbocycles. The Morgan fingerprint density at radius 2 is 2.24 bits per heavy atom. The molecule has 0 radical (unpaired) electrons. The highest BCUT2D eigenvalue weighted by molar-refractivity contribution is 14.1. The van der Waals surface area contributed by atoms with Crippen molar-refractivity contribution in [3.05, 3.63) is 27.6 Å². The molecule has 0 atom stereocenters. The Bertz CT molecular complexity index is 549. The molecule has 1 aromatic heterocycles. The highest BCUT2D eigenvalue weighted by Crippen LogP contribution is 2.33. The summed E-state index contributed by atoms with van der Waals surface area (Å²) in [5.41, 5.74) is 0.603. The van der Waals surface area contributed by atoms with Crippen LogP contribution in [0.3, 0.4) is 0 Å². The second-order valence-corrected chi connectivity index (χ2v) is 5.57. The summed E-state index contributed by atoms with van der Waals surface area (Å²) >= 11 is 2.18. The lowest BCUT2D eigenvalue weighted by Gasteiger charge is -1.99. The number of hydrogen-bond donors (Lipinski definition) is 1. The minimum Gasteiger partial charge on any atom is -0.507 e. The van der Waals surface area contributed by atoms with Gasteiger partial charge in [-0.3, -0.25) is 0 Å². The van der Waals surface area contributed by atoms with Crippen LogP contribution in [0.15, 0.2) is 22.7 Å². The van der Waals surface area contributed by atoms with Crippen LogP contribution >= 0.6 is 22.6 Å². The van der Waals surface area contributed by atoms with E-state index in [1.165, 1.54) is 12.8 Å². The maximum absolute atomic E-state index is 9.76. The number of aromatic hydroxyl groups is 1. The van der Waals surface area contributed by atoms with Crippen LogP contribution in [-0.2, 0) is 6.42 Å². The van der Waals surface area contributed by atoms with Gasteiger partial charge in [-0.15, -0.1) is 0 Å². The quantitative estimate of drug-likeness (QED) is 0.872. The maximum Gasteiger partial charge on any atom is 0.261 e. The molecule has 88 valence electrons. The molecule has 1 aliphatic carbocycles. The van der Waals surface area contributed by atoms with E-state index in [-0.39, 0.29) is 5.75 Å². The Labute approximate surface area is 112 Å². The van der Waals surface area contributed by atoms with Crippen molar-refractivity contribution in [2.75, 3.05) is 0 Å². The van der Waals surface area contributed by atoms with Crippen LogP contribution in [0.25, 0.3) is 11.5 Å². The monoisotopic (exact) mass is 342 g/mol. The minimum atomic E-state index is 0.173. The van der Waals surface area contributed by atoms with Crippen molar-refractivity contribution in [2.45, 2.75) is 19.3 Å². The van der Waals surface area contributed by atoms with Gasteiger partial charge in [0, 0.05) is 9.99 Å². The molecule has 1 aliphatic rings. The lowest BCUT2D eigenvalue weighted by atomic mass is 10.2. The van der Waals surface area contributed by atoms with Gasteiger partial charge in [-0.1, -0.05) is 5.16 Å². The number of phenols is 1. The summed E-state index contributed by atoms with van der Waals surface area (Å²) in [7, 11) is 0. The van der Waals surface area contributed by atoms with Crippen molar-refractivity contribution in [2.24, 2.45) is 5.92 Å². The van der Waals surface area contributed by atoms with Crippen LogP contribution in [-0.4, -0.2) is 15.2 Å². The zero-order valence-corrected chi connectivity index (χ0v) is 11.2. The summed E-state index contributed by atoms with van der Waals surface area (Å²) in [6.45, 7) is 0. The summed E-state index contributed by atoms with van der Waals surface area (Å²) in [5, 5.41) is 13.7. The fourth-order valence-corrected chi connectivity index (χ4v) is 2.20. The Morgan fingerprint density at radius 1 is 1.41 bits per heavy atom. The molecule has 0 unspecified atom stereocenters. The first kappa shape index (κ1) is 11.0. The maximum atomic E-state index is 9.76. The highest BCUT2D eigenvalue weighted by Gasteiger charge is 2.24. The van der Waals surface area contributed by atoms with E-state index in [2.05, 4.69) is 32.7 Å². The van der Waals surface area contributed by atoms with Crippen molar-refractivity contribution in [1.29, 1.82) is 0 Å². The number of phenolic OH excluding ortho intramolecular Hbond substituents is 1.